The van der Waals surface area contributed by atoms with Gasteiger partial charge >= 0.3 is 0 Å². The molecule has 0 heterocycles. The van der Waals surface area contributed by atoms with E-state index in [1.165, 1.54) is 7.11 Å². The smallest absolute Gasteiger partial charge is 0.238 e. The molecule has 1 rings (SSSR count). The maximum Gasteiger partial charge on any atom is 0.238 e. The Kier molecular flexibility index (Phi) is 2.82. The number of nitrogens with zero attached hydrogens (tertiary/aromatic N) is 1. The van der Waals surface area contributed by atoms with Crippen molar-refractivity contribution in [2.24, 2.45) is 0 Å². The molecule has 0 aliphatic rings. The third-order valence-corrected chi connectivity index (χ3v) is 1.48. The van der Waals surface area contributed by atoms with Crippen LogP contribution in [0.25, 0.3) is 0 Å². The predicted octanol–water partition coefficient (Wildman–Crippen LogP) is 1.39. The van der Waals surface area contributed by atoms with Gasteiger partial charge in [-0.2, -0.15) is 5.06 Å². The van der Waals surface area contributed by atoms with Gasteiger partial charge in [0.25, 0.3) is 0 Å². The highest BCUT2D eigenvalue weighted by atomic mass is 16.7. The van der Waals surface area contributed by atoms with Crippen molar-refractivity contribution in [3.63, 3.8) is 0 Å². The van der Waals surface area contributed by atoms with Gasteiger partial charge in [-0.25, -0.2) is 0 Å². The van der Waals surface area contributed by atoms with Gasteiger partial charge in [-0.05, 0) is 24.6 Å². The van der Waals surface area contributed by atoms with E-state index in [1.54, 1.807) is 12.1 Å². The third kappa shape index (κ3) is 1.83. The molecule has 0 saturated heterocycles. The average molecular weight is 164 g/mol. The molecule has 0 spiro atoms. The maximum atomic E-state index is 10.4. The Morgan fingerprint density at radius 3 is 2.42 bits per heavy atom. The SMILES string of the molecule is [CH2]c1ccc(N(C=O)OC)cc1. The molecule has 0 aliphatic heterocycles. The zero-order valence-electron chi connectivity index (χ0n) is 6.86. The molecule has 0 N–H and O–H groups in total. The number of carbonyl (C=O) groups excluding carboxylic acids is 1. The lowest BCUT2D eigenvalue weighted by Gasteiger charge is -2.13. The Balaban J connectivity index is 2.87. The van der Waals surface area contributed by atoms with E-state index in [0.29, 0.717) is 12.1 Å². The molecule has 0 aliphatic carbocycles. The van der Waals surface area contributed by atoms with Crippen LogP contribution in [0.5, 0.6) is 0 Å². The molecule has 63 valence electrons. The molecule has 0 fully saturated rings. The first-order chi connectivity index (χ1) is 5.77. The number of hydroxylamine groups is 1. The summed E-state index contributed by atoms with van der Waals surface area (Å²) >= 11 is 0. The summed E-state index contributed by atoms with van der Waals surface area (Å²) in [6.45, 7) is 3.72. The van der Waals surface area contributed by atoms with Gasteiger partial charge in [-0.1, -0.05) is 12.1 Å². The van der Waals surface area contributed by atoms with Crippen LogP contribution in [0.4, 0.5) is 5.69 Å². The molecule has 0 unspecified atom stereocenters. The molecule has 0 bridgehead atoms. The van der Waals surface area contributed by atoms with Gasteiger partial charge in [0, 0.05) is 0 Å². The number of benzene rings is 1. The van der Waals surface area contributed by atoms with Crippen LogP contribution in [0, 0.1) is 6.92 Å². The van der Waals surface area contributed by atoms with Gasteiger partial charge in [0.2, 0.25) is 6.41 Å². The number of hydrogen-bond acceptors (Lipinski definition) is 2. The first kappa shape index (κ1) is 8.74. The van der Waals surface area contributed by atoms with Crippen LogP contribution in [0.1, 0.15) is 5.56 Å². The Bertz CT molecular complexity index is 256. The minimum Gasteiger partial charge on any atom is -0.276 e. The lowest BCUT2D eigenvalue weighted by atomic mass is 10.2. The molecule has 1 amide bonds. The summed E-state index contributed by atoms with van der Waals surface area (Å²) in [5, 5.41) is 1.14. The molecule has 12 heavy (non-hydrogen) atoms. The van der Waals surface area contributed by atoms with Crippen molar-refractivity contribution >= 4 is 12.1 Å². The quantitative estimate of drug-likeness (QED) is 0.499. The van der Waals surface area contributed by atoms with Gasteiger partial charge in [0.05, 0.1) is 12.8 Å². The fourth-order valence-corrected chi connectivity index (χ4v) is 0.852. The molecule has 1 aromatic carbocycles. The van der Waals surface area contributed by atoms with E-state index in [1.807, 2.05) is 12.1 Å². The van der Waals surface area contributed by atoms with E-state index >= 15 is 0 Å². The monoisotopic (exact) mass is 164 g/mol. The Hall–Kier alpha value is -1.35. The van der Waals surface area contributed by atoms with E-state index in [-0.39, 0.29) is 0 Å². The lowest BCUT2D eigenvalue weighted by molar-refractivity contribution is -0.112. The second kappa shape index (κ2) is 3.88. The van der Waals surface area contributed by atoms with Crippen molar-refractivity contribution < 1.29 is 9.63 Å². The van der Waals surface area contributed by atoms with Crippen molar-refractivity contribution in [1.82, 2.24) is 0 Å². The summed E-state index contributed by atoms with van der Waals surface area (Å²) < 4.78 is 0. The summed E-state index contributed by atoms with van der Waals surface area (Å²) in [5.74, 6) is 0. The van der Waals surface area contributed by atoms with E-state index in [2.05, 4.69) is 6.92 Å². The zero-order chi connectivity index (χ0) is 8.97. The van der Waals surface area contributed by atoms with Crippen molar-refractivity contribution in [3.05, 3.63) is 36.8 Å². The zero-order valence-corrected chi connectivity index (χ0v) is 6.86. The standard InChI is InChI=1S/C9H10NO2/c1-8-3-5-9(6-4-8)10(7-11)12-2/h3-7H,1H2,2H3. The van der Waals surface area contributed by atoms with E-state index in [0.717, 1.165) is 10.6 Å². The second-order valence-electron chi connectivity index (χ2n) is 2.28. The second-order valence-corrected chi connectivity index (χ2v) is 2.28. The summed E-state index contributed by atoms with van der Waals surface area (Å²) in [5.41, 5.74) is 1.60. The highest BCUT2D eigenvalue weighted by Gasteiger charge is 2.01. The summed E-state index contributed by atoms with van der Waals surface area (Å²) in [6.07, 6.45) is 0.609. The van der Waals surface area contributed by atoms with Gasteiger partial charge in [0.1, 0.15) is 0 Å². The molecule has 1 aromatic rings. The molecular formula is C9H10NO2. The normalized spacial score (nSPS) is 9.50. The maximum absolute atomic E-state index is 10.4. The highest BCUT2D eigenvalue weighted by molar-refractivity contribution is 5.72. The van der Waals surface area contributed by atoms with Crippen LogP contribution in [0.15, 0.2) is 24.3 Å². The minimum absolute atomic E-state index is 0.609. The number of anilines is 1. The Labute approximate surface area is 71.5 Å². The van der Waals surface area contributed by atoms with Gasteiger partial charge in [-0.3, -0.25) is 9.63 Å². The number of carbonyl (C=O) groups is 1. The van der Waals surface area contributed by atoms with Crippen LogP contribution in [-0.4, -0.2) is 13.5 Å². The van der Waals surface area contributed by atoms with Crippen LogP contribution in [0.3, 0.4) is 0 Å². The van der Waals surface area contributed by atoms with Crippen molar-refractivity contribution in [2.75, 3.05) is 12.2 Å². The van der Waals surface area contributed by atoms with E-state index < -0.39 is 0 Å². The minimum atomic E-state index is 0.609. The molecule has 1 radical (unpaired) electrons. The molecule has 3 heteroatoms. The van der Waals surface area contributed by atoms with Crippen LogP contribution < -0.4 is 5.06 Å². The molecule has 0 atom stereocenters. The molecule has 3 nitrogen and oxygen atoms in total. The Morgan fingerprint density at radius 1 is 1.42 bits per heavy atom. The molecular weight excluding hydrogens is 154 g/mol. The van der Waals surface area contributed by atoms with Crippen molar-refractivity contribution in [1.29, 1.82) is 0 Å². The van der Waals surface area contributed by atoms with Crippen molar-refractivity contribution in [2.45, 2.75) is 0 Å². The number of rotatable bonds is 3. The van der Waals surface area contributed by atoms with E-state index in [4.69, 9.17) is 4.84 Å². The van der Waals surface area contributed by atoms with Gasteiger partial charge < -0.3 is 0 Å². The Morgan fingerprint density at radius 2 is 2.00 bits per heavy atom. The number of hydrogen-bond donors (Lipinski definition) is 0. The van der Waals surface area contributed by atoms with Gasteiger partial charge in [-0.15, -0.1) is 0 Å². The van der Waals surface area contributed by atoms with Gasteiger partial charge in [0.15, 0.2) is 0 Å². The number of amides is 1. The van der Waals surface area contributed by atoms with E-state index in [9.17, 15) is 4.79 Å². The largest absolute Gasteiger partial charge is 0.276 e. The van der Waals surface area contributed by atoms with Crippen LogP contribution in [-0.2, 0) is 9.63 Å². The third-order valence-electron chi connectivity index (χ3n) is 1.48. The summed E-state index contributed by atoms with van der Waals surface area (Å²) in [6, 6.07) is 7.15. The average Bonchev–Trinajstić information content (AvgIpc) is 2.10. The van der Waals surface area contributed by atoms with Crippen LogP contribution >= 0.6 is 0 Å². The molecule has 0 saturated carbocycles. The molecule has 0 aromatic heterocycles. The van der Waals surface area contributed by atoms with Crippen molar-refractivity contribution in [3.8, 4) is 0 Å². The summed E-state index contributed by atoms with van der Waals surface area (Å²) in [7, 11) is 1.44. The first-order valence-corrected chi connectivity index (χ1v) is 3.48. The van der Waals surface area contributed by atoms with Crippen LogP contribution in [0.2, 0.25) is 0 Å². The highest BCUT2D eigenvalue weighted by Crippen LogP contribution is 2.12. The fourth-order valence-electron chi connectivity index (χ4n) is 0.852. The predicted molar refractivity (Wildman–Crippen MR) is 46.5 cm³/mol. The lowest BCUT2D eigenvalue weighted by Crippen LogP contribution is -2.18. The summed E-state index contributed by atoms with van der Waals surface area (Å²) in [4.78, 5) is 15.2. The fraction of sp³-hybridized carbons (Fsp3) is 0.111. The first-order valence-electron chi connectivity index (χ1n) is 3.48. The topological polar surface area (TPSA) is 29.5 Å².